The third-order valence-electron chi connectivity index (χ3n) is 5.59. The molecule has 4 aromatic rings. The van der Waals surface area contributed by atoms with Crippen LogP contribution in [0.25, 0.3) is 22.2 Å². The summed E-state index contributed by atoms with van der Waals surface area (Å²) in [6.45, 7) is 3.72. The number of ketones is 1. The molecule has 33 heavy (non-hydrogen) atoms. The molecule has 0 amide bonds. The lowest BCUT2D eigenvalue weighted by molar-refractivity contribution is 0.0476. The molecule has 5 nitrogen and oxygen atoms in total. The Morgan fingerprint density at radius 3 is 2.30 bits per heavy atom. The standard InChI is InChI=1S/C28H25NO4/c1-4-19-6-8-20(9-7-19)26-16-24(23-15-18(2)5-14-25(23)29-26)28(31)33-17-27(30)21-10-12-22(32-3)13-11-21/h5-16H,4,17H2,1-3H3. The first-order valence-corrected chi connectivity index (χ1v) is 10.8. The highest BCUT2D eigenvalue weighted by Gasteiger charge is 2.17. The topological polar surface area (TPSA) is 65.5 Å². The molecule has 5 heteroatoms. The molecule has 0 atom stereocenters. The Labute approximate surface area is 193 Å². The minimum Gasteiger partial charge on any atom is -0.497 e. The van der Waals surface area contributed by atoms with Crippen molar-refractivity contribution in [3.8, 4) is 17.0 Å². The Morgan fingerprint density at radius 1 is 0.909 bits per heavy atom. The van der Waals surface area contributed by atoms with Crippen molar-refractivity contribution >= 4 is 22.7 Å². The third-order valence-corrected chi connectivity index (χ3v) is 5.59. The molecule has 0 bridgehead atoms. The lowest BCUT2D eigenvalue weighted by Gasteiger charge is -2.11. The number of hydrogen-bond acceptors (Lipinski definition) is 5. The van der Waals surface area contributed by atoms with Gasteiger partial charge in [0.2, 0.25) is 0 Å². The largest absolute Gasteiger partial charge is 0.497 e. The fraction of sp³-hybridized carbons (Fsp3) is 0.179. The first-order valence-electron chi connectivity index (χ1n) is 10.8. The molecule has 0 saturated heterocycles. The molecular weight excluding hydrogens is 414 g/mol. The number of fused-ring (bicyclic) bond motifs is 1. The normalized spacial score (nSPS) is 10.8. The number of Topliss-reactive ketones (excluding diaryl/α,β-unsaturated/α-hetero) is 1. The average Bonchev–Trinajstić information content (AvgIpc) is 2.86. The Kier molecular flexibility index (Phi) is 6.50. The van der Waals surface area contributed by atoms with E-state index in [1.165, 1.54) is 5.56 Å². The molecule has 0 radical (unpaired) electrons. The number of esters is 1. The molecule has 1 heterocycles. The summed E-state index contributed by atoms with van der Waals surface area (Å²) in [7, 11) is 1.56. The number of ether oxygens (including phenoxy) is 2. The van der Waals surface area contributed by atoms with Gasteiger partial charge in [-0.2, -0.15) is 0 Å². The van der Waals surface area contributed by atoms with Gasteiger partial charge in [-0.3, -0.25) is 4.79 Å². The fourth-order valence-electron chi connectivity index (χ4n) is 3.64. The predicted molar refractivity (Wildman–Crippen MR) is 129 cm³/mol. The molecular formula is C28H25NO4. The highest BCUT2D eigenvalue weighted by atomic mass is 16.5. The minimum absolute atomic E-state index is 0.282. The van der Waals surface area contributed by atoms with Crippen LogP contribution < -0.4 is 4.74 Å². The van der Waals surface area contributed by atoms with E-state index in [9.17, 15) is 9.59 Å². The van der Waals surface area contributed by atoms with Crippen molar-refractivity contribution in [2.45, 2.75) is 20.3 Å². The molecule has 166 valence electrons. The van der Waals surface area contributed by atoms with Crippen molar-refractivity contribution < 1.29 is 19.1 Å². The van der Waals surface area contributed by atoms with Crippen molar-refractivity contribution in [1.82, 2.24) is 4.98 Å². The Hall–Kier alpha value is -3.99. The van der Waals surface area contributed by atoms with Gasteiger partial charge >= 0.3 is 5.97 Å². The summed E-state index contributed by atoms with van der Waals surface area (Å²) < 4.78 is 10.5. The van der Waals surface area contributed by atoms with Crippen molar-refractivity contribution in [3.05, 3.63) is 95.1 Å². The number of benzene rings is 3. The number of aromatic nitrogens is 1. The number of carbonyl (C=O) groups excluding carboxylic acids is 2. The van der Waals surface area contributed by atoms with Crippen LogP contribution in [0.1, 0.15) is 38.8 Å². The first kappa shape index (κ1) is 22.2. The highest BCUT2D eigenvalue weighted by Crippen LogP contribution is 2.27. The Balaban J connectivity index is 1.63. The van der Waals surface area contributed by atoms with E-state index in [0.717, 1.165) is 17.5 Å². The van der Waals surface area contributed by atoms with Gasteiger partial charge < -0.3 is 9.47 Å². The minimum atomic E-state index is -0.554. The predicted octanol–water partition coefficient (Wildman–Crippen LogP) is 5.82. The summed E-state index contributed by atoms with van der Waals surface area (Å²) in [5, 5.41) is 0.700. The lowest BCUT2D eigenvalue weighted by atomic mass is 10.0. The van der Waals surface area contributed by atoms with Gasteiger partial charge in [0.05, 0.1) is 23.9 Å². The number of rotatable bonds is 7. The van der Waals surface area contributed by atoms with Crippen LogP contribution in [0.2, 0.25) is 0 Å². The maximum Gasteiger partial charge on any atom is 0.339 e. The molecule has 0 spiro atoms. The monoisotopic (exact) mass is 439 g/mol. The zero-order valence-corrected chi connectivity index (χ0v) is 18.9. The number of pyridine rings is 1. The van der Waals surface area contributed by atoms with Crippen LogP contribution in [-0.4, -0.2) is 30.5 Å². The van der Waals surface area contributed by atoms with Crippen LogP contribution in [0.3, 0.4) is 0 Å². The first-order chi connectivity index (χ1) is 16.0. The van der Waals surface area contributed by atoms with Gasteiger partial charge in [-0.15, -0.1) is 0 Å². The van der Waals surface area contributed by atoms with E-state index in [0.29, 0.717) is 33.5 Å². The maximum atomic E-state index is 13.1. The maximum absolute atomic E-state index is 13.1. The van der Waals surface area contributed by atoms with E-state index in [1.54, 1.807) is 37.4 Å². The van der Waals surface area contributed by atoms with Crippen LogP contribution in [0.15, 0.2) is 72.8 Å². The summed E-state index contributed by atoms with van der Waals surface area (Å²) in [5.41, 5.74) is 5.38. The second-order valence-corrected chi connectivity index (χ2v) is 7.85. The van der Waals surface area contributed by atoms with Gasteiger partial charge in [-0.1, -0.05) is 42.8 Å². The van der Waals surface area contributed by atoms with E-state index in [2.05, 4.69) is 19.1 Å². The average molecular weight is 440 g/mol. The number of nitrogens with zero attached hydrogens (tertiary/aromatic N) is 1. The van der Waals surface area contributed by atoms with Gasteiger partial charge in [0.1, 0.15) is 5.75 Å². The zero-order chi connectivity index (χ0) is 23.4. The van der Waals surface area contributed by atoms with Gasteiger partial charge in [0, 0.05) is 16.5 Å². The Bertz CT molecular complexity index is 1310. The molecule has 1 aromatic heterocycles. The Morgan fingerprint density at radius 2 is 1.64 bits per heavy atom. The number of aryl methyl sites for hydroxylation is 2. The van der Waals surface area contributed by atoms with E-state index in [-0.39, 0.29) is 12.4 Å². The number of carbonyl (C=O) groups is 2. The van der Waals surface area contributed by atoms with Crippen LogP contribution >= 0.6 is 0 Å². The van der Waals surface area contributed by atoms with Crippen LogP contribution in [0.4, 0.5) is 0 Å². The van der Waals surface area contributed by atoms with Crippen molar-refractivity contribution in [1.29, 1.82) is 0 Å². The summed E-state index contributed by atoms with van der Waals surface area (Å²) >= 11 is 0. The van der Waals surface area contributed by atoms with Crippen LogP contribution in [-0.2, 0) is 11.2 Å². The summed E-state index contributed by atoms with van der Waals surface area (Å²) in [6, 6.07) is 22.3. The van der Waals surface area contributed by atoms with Crippen molar-refractivity contribution in [2.24, 2.45) is 0 Å². The second kappa shape index (κ2) is 9.65. The molecule has 3 aromatic carbocycles. The SMILES string of the molecule is CCc1ccc(-c2cc(C(=O)OCC(=O)c3ccc(OC)cc3)c3cc(C)ccc3n2)cc1. The van der Waals surface area contributed by atoms with Gasteiger partial charge in [-0.25, -0.2) is 9.78 Å². The lowest BCUT2D eigenvalue weighted by Crippen LogP contribution is -2.15. The molecule has 0 aliphatic heterocycles. The number of methoxy groups -OCH3 is 1. The van der Waals surface area contributed by atoms with Gasteiger partial charge in [0.25, 0.3) is 0 Å². The van der Waals surface area contributed by atoms with Crippen LogP contribution in [0.5, 0.6) is 5.75 Å². The summed E-state index contributed by atoms with van der Waals surface area (Å²) in [5.74, 6) is -0.182. The number of hydrogen-bond donors (Lipinski definition) is 0. The molecule has 0 unspecified atom stereocenters. The molecule has 0 saturated carbocycles. The zero-order valence-electron chi connectivity index (χ0n) is 18.9. The third kappa shape index (κ3) is 4.93. The van der Waals surface area contributed by atoms with Gasteiger partial charge in [0.15, 0.2) is 12.4 Å². The molecule has 0 fully saturated rings. The van der Waals surface area contributed by atoms with Gasteiger partial charge in [-0.05, 0) is 61.4 Å². The highest BCUT2D eigenvalue weighted by molar-refractivity contribution is 6.06. The van der Waals surface area contributed by atoms with E-state index < -0.39 is 5.97 Å². The molecule has 4 rings (SSSR count). The van der Waals surface area contributed by atoms with Crippen molar-refractivity contribution in [2.75, 3.05) is 13.7 Å². The van der Waals surface area contributed by atoms with E-state index in [4.69, 9.17) is 14.5 Å². The summed E-state index contributed by atoms with van der Waals surface area (Å²) in [4.78, 5) is 30.3. The second-order valence-electron chi connectivity index (χ2n) is 7.85. The summed E-state index contributed by atoms with van der Waals surface area (Å²) in [6.07, 6.45) is 0.949. The van der Waals surface area contributed by atoms with Crippen molar-refractivity contribution in [3.63, 3.8) is 0 Å². The smallest absolute Gasteiger partial charge is 0.339 e. The molecule has 0 N–H and O–H groups in total. The van der Waals surface area contributed by atoms with E-state index in [1.807, 2.05) is 37.3 Å². The quantitative estimate of drug-likeness (QED) is 0.268. The van der Waals surface area contributed by atoms with Crippen LogP contribution in [0, 0.1) is 6.92 Å². The molecule has 0 aliphatic carbocycles. The fourth-order valence-corrected chi connectivity index (χ4v) is 3.64. The molecule has 0 aliphatic rings. The van der Waals surface area contributed by atoms with E-state index >= 15 is 0 Å².